The maximum Gasteiger partial charge on any atom is 0.472 e. The minimum atomic E-state index is -4.99. The normalized spacial score (nSPS) is 14.6. The largest absolute Gasteiger partial charge is 0.472 e. The van der Waals surface area contributed by atoms with Crippen molar-refractivity contribution in [3.63, 3.8) is 0 Å². The number of unbranched alkanes of at least 4 members (excludes halogenated alkanes) is 25. The first-order valence-corrected chi connectivity index (χ1v) is 42.4. The van der Waals surface area contributed by atoms with Crippen LogP contribution < -0.4 is 0 Å². The van der Waals surface area contributed by atoms with E-state index in [4.69, 9.17) is 37.0 Å². The van der Waals surface area contributed by atoms with E-state index >= 15 is 0 Å². The highest BCUT2D eigenvalue weighted by Crippen LogP contribution is 2.45. The van der Waals surface area contributed by atoms with E-state index in [9.17, 15) is 43.2 Å². The second-order valence-corrected chi connectivity index (χ2v) is 28.8. The van der Waals surface area contributed by atoms with Gasteiger partial charge in [-0.3, -0.25) is 37.3 Å². The molecule has 0 aromatic carbocycles. The Balaban J connectivity index is 5.37. The maximum absolute atomic E-state index is 13.1. The van der Waals surface area contributed by atoms with Gasteiger partial charge in [-0.25, -0.2) is 9.13 Å². The Morgan fingerprint density at radius 1 is 0.284 bits per heavy atom. The Hall–Kier alpha value is -4.80. The number of allylic oxidation sites excluding steroid dienone is 22. The molecule has 5 unspecified atom stereocenters. The van der Waals surface area contributed by atoms with Gasteiger partial charge in [-0.1, -0.05) is 290 Å². The molecular formula is C83H140O17P2. The highest BCUT2D eigenvalue weighted by Gasteiger charge is 2.30. The summed E-state index contributed by atoms with van der Waals surface area (Å²) in [6, 6.07) is 0. The number of aliphatic hydroxyl groups excluding tert-OH is 1. The summed E-state index contributed by atoms with van der Waals surface area (Å²) in [5, 5.41) is 10.6. The highest BCUT2D eigenvalue weighted by molar-refractivity contribution is 7.47. The van der Waals surface area contributed by atoms with Gasteiger partial charge in [0.05, 0.1) is 26.4 Å². The predicted molar refractivity (Wildman–Crippen MR) is 418 cm³/mol. The highest BCUT2D eigenvalue weighted by atomic mass is 31.2. The zero-order valence-corrected chi connectivity index (χ0v) is 65.5. The van der Waals surface area contributed by atoms with E-state index in [-0.39, 0.29) is 25.7 Å². The molecule has 0 bridgehead atoms. The van der Waals surface area contributed by atoms with Crippen LogP contribution in [0.5, 0.6) is 0 Å². The molecule has 3 N–H and O–H groups in total. The quantitative estimate of drug-likeness (QED) is 0.0169. The lowest BCUT2D eigenvalue weighted by molar-refractivity contribution is -0.161. The average Bonchev–Trinajstić information content (AvgIpc) is 0.907. The van der Waals surface area contributed by atoms with Crippen LogP contribution in [0.3, 0.4) is 0 Å². The zero-order valence-electron chi connectivity index (χ0n) is 63.7. The number of aliphatic hydroxyl groups is 1. The summed E-state index contributed by atoms with van der Waals surface area (Å²) >= 11 is 0. The summed E-state index contributed by atoms with van der Waals surface area (Å²) in [5.74, 6) is -2.29. The molecule has 0 aliphatic carbocycles. The van der Waals surface area contributed by atoms with Crippen LogP contribution in [0.15, 0.2) is 134 Å². The Kier molecular flexibility index (Phi) is 71.0. The molecule has 0 amide bonds. The first kappa shape index (κ1) is 97.2. The summed E-state index contributed by atoms with van der Waals surface area (Å²) < 4.78 is 68.4. The van der Waals surface area contributed by atoms with Gasteiger partial charge < -0.3 is 33.8 Å². The standard InChI is InChI=1S/C83H140O17P2/c1-5-9-13-17-21-25-29-32-34-36-38-40-42-45-48-51-55-59-63-67-80(85)93-73-78(99-82(87)69-65-61-57-53-47-28-24-20-16-12-8-4)75-97-101(89,90)95-71-77(84)72-96-102(91,92)98-76-79(100-83(88)70-66-62-58-54-50-44-31-27-23-19-15-11-7-3)74-94-81(86)68-64-60-56-52-49-46-43-41-39-37-35-33-30-26-22-18-14-10-6-2/h9-10,13-14,21-22,25-27,31-35,38-41,46,49,56,60,77-79,84H,5-8,11-12,15-20,23-24,28-30,36-37,42-45,47-48,50-55,57-59,61-76H2,1-4H3,(H,89,90)(H,91,92)/b13-9-,14-10-,25-21-,26-22-,31-27-,34-32-,35-33-,40-38-,41-39-,49-46-,60-56-. The molecule has 0 fully saturated rings. The summed E-state index contributed by atoms with van der Waals surface area (Å²) in [4.78, 5) is 72.9. The number of rotatable bonds is 73. The van der Waals surface area contributed by atoms with E-state index in [0.717, 1.165) is 161 Å². The van der Waals surface area contributed by atoms with Crippen molar-refractivity contribution in [1.82, 2.24) is 0 Å². The molecule has 19 heteroatoms. The molecule has 0 spiro atoms. The molecular weight excluding hydrogens is 1330 g/mol. The molecule has 0 heterocycles. The number of carbonyl (C=O) groups excluding carboxylic acids is 4. The number of carbonyl (C=O) groups is 4. The number of phosphoric ester groups is 2. The van der Waals surface area contributed by atoms with Crippen LogP contribution >= 0.6 is 15.6 Å². The Labute approximate surface area is 618 Å². The Bertz CT molecular complexity index is 2460. The van der Waals surface area contributed by atoms with Crippen molar-refractivity contribution in [2.75, 3.05) is 39.6 Å². The van der Waals surface area contributed by atoms with Crippen LogP contribution in [0, 0.1) is 0 Å². The third-order valence-electron chi connectivity index (χ3n) is 16.1. The van der Waals surface area contributed by atoms with Gasteiger partial charge in [0.15, 0.2) is 12.2 Å². The molecule has 0 saturated carbocycles. The third-order valence-corrected chi connectivity index (χ3v) is 18.0. The topological polar surface area (TPSA) is 237 Å². The van der Waals surface area contributed by atoms with E-state index in [1.165, 1.54) is 64.2 Å². The maximum atomic E-state index is 13.1. The fourth-order valence-corrected chi connectivity index (χ4v) is 11.8. The fourth-order valence-electron chi connectivity index (χ4n) is 10.2. The number of hydrogen-bond acceptors (Lipinski definition) is 15. The molecule has 17 nitrogen and oxygen atoms in total. The van der Waals surface area contributed by atoms with Crippen LogP contribution in [0.25, 0.3) is 0 Å². The third kappa shape index (κ3) is 73.5. The molecule has 5 atom stereocenters. The lowest BCUT2D eigenvalue weighted by atomic mass is 10.1. The number of esters is 4. The van der Waals surface area contributed by atoms with Crippen LogP contribution in [-0.2, 0) is 65.4 Å². The van der Waals surface area contributed by atoms with Crippen molar-refractivity contribution in [1.29, 1.82) is 0 Å². The summed E-state index contributed by atoms with van der Waals surface area (Å²) in [6.45, 7) is 4.52. The van der Waals surface area contributed by atoms with Crippen LogP contribution in [-0.4, -0.2) is 96.7 Å². The minimum absolute atomic E-state index is 0.0326. The zero-order chi connectivity index (χ0) is 74.6. The average molecular weight is 1470 g/mol. The van der Waals surface area contributed by atoms with Crippen molar-refractivity contribution in [2.45, 2.75) is 329 Å². The van der Waals surface area contributed by atoms with Crippen molar-refractivity contribution in [2.24, 2.45) is 0 Å². The lowest BCUT2D eigenvalue weighted by Crippen LogP contribution is -2.30. The Morgan fingerprint density at radius 3 is 0.863 bits per heavy atom. The fraction of sp³-hybridized carbons (Fsp3) is 0.687. The smallest absolute Gasteiger partial charge is 0.462 e. The van der Waals surface area contributed by atoms with Gasteiger partial charge in [0.1, 0.15) is 19.3 Å². The number of hydrogen-bond donors (Lipinski definition) is 3. The van der Waals surface area contributed by atoms with Crippen molar-refractivity contribution in [3.8, 4) is 0 Å². The van der Waals surface area contributed by atoms with Gasteiger partial charge >= 0.3 is 39.5 Å². The first-order valence-electron chi connectivity index (χ1n) is 39.4. The lowest BCUT2D eigenvalue weighted by Gasteiger charge is -2.21. The minimum Gasteiger partial charge on any atom is -0.462 e. The molecule has 584 valence electrons. The monoisotopic (exact) mass is 1470 g/mol. The molecule has 0 aliphatic rings. The van der Waals surface area contributed by atoms with Crippen LogP contribution in [0.1, 0.15) is 310 Å². The molecule has 0 radical (unpaired) electrons. The Morgan fingerprint density at radius 2 is 0.529 bits per heavy atom. The molecule has 0 saturated heterocycles. The first-order chi connectivity index (χ1) is 49.7. The summed E-state index contributed by atoms with van der Waals surface area (Å²) in [7, 11) is -9.98. The predicted octanol–water partition coefficient (Wildman–Crippen LogP) is 22.9. The van der Waals surface area contributed by atoms with Gasteiger partial charge in [-0.15, -0.1) is 0 Å². The van der Waals surface area contributed by atoms with Gasteiger partial charge in [-0.05, 0) is 128 Å². The van der Waals surface area contributed by atoms with Gasteiger partial charge in [0.2, 0.25) is 0 Å². The van der Waals surface area contributed by atoms with Crippen LogP contribution in [0.2, 0.25) is 0 Å². The van der Waals surface area contributed by atoms with Crippen molar-refractivity contribution < 1.29 is 80.2 Å². The van der Waals surface area contributed by atoms with Crippen LogP contribution in [0.4, 0.5) is 0 Å². The van der Waals surface area contributed by atoms with E-state index in [0.29, 0.717) is 32.1 Å². The second kappa shape index (κ2) is 74.5. The van der Waals surface area contributed by atoms with Crippen molar-refractivity contribution >= 4 is 39.5 Å². The summed E-state index contributed by atoms with van der Waals surface area (Å²) in [5.41, 5.74) is 0. The van der Waals surface area contributed by atoms with E-state index < -0.39 is 97.5 Å². The van der Waals surface area contributed by atoms with Crippen molar-refractivity contribution in [3.05, 3.63) is 134 Å². The molecule has 102 heavy (non-hydrogen) atoms. The van der Waals surface area contributed by atoms with Gasteiger partial charge in [0.25, 0.3) is 0 Å². The second-order valence-electron chi connectivity index (χ2n) is 25.9. The molecule has 0 rings (SSSR count). The number of phosphoric acid groups is 2. The SMILES string of the molecule is CC/C=C\C/C=C\C/C=C\C/C=C\C/C=C\C/C=C\CCC(=O)OCC(COP(=O)(O)OCC(O)COP(=O)(O)OCC(COC(=O)CCCCCCCC/C=C\C/C=C\C/C=C\C/C=C\CC)OC(=O)CCCCCCCCCCCCC)OC(=O)CCCCCCC/C=C\CCCCCC. The van der Waals surface area contributed by atoms with Gasteiger partial charge in [0, 0.05) is 25.7 Å². The molecule has 0 aromatic heterocycles. The number of ether oxygens (including phenoxy) is 4. The van der Waals surface area contributed by atoms with E-state index in [2.05, 4.69) is 143 Å². The van der Waals surface area contributed by atoms with E-state index in [1.54, 1.807) is 0 Å². The van der Waals surface area contributed by atoms with Gasteiger partial charge in [-0.2, -0.15) is 0 Å². The summed E-state index contributed by atoms with van der Waals surface area (Å²) in [6.07, 6.45) is 83.1. The van der Waals surface area contributed by atoms with E-state index in [1.807, 2.05) is 18.2 Å². The molecule has 0 aliphatic heterocycles. The molecule has 0 aromatic rings.